The fraction of sp³-hybridized carbons (Fsp3) is 0.469. The number of fused-ring (bicyclic) bond motifs is 3. The molecule has 0 atom stereocenters. The first-order valence-electron chi connectivity index (χ1n) is 12.5. The van der Waals surface area contributed by atoms with Crippen LogP contribution in [0.3, 0.4) is 0 Å². The number of rotatable bonds is 0. The molecule has 0 spiro atoms. The standard InChI is InChI=1S/C21H25.C6H10.C5H5.2ClH.Hf/c1-20(2,3)16-9-7-14-11-15-8-10-17(21(4,5)6)13-19(15)18(14)12-16;1-2-4-6-5-3-1;1-2-4-5-3-1;;;/h7,9-10,12-13H,11H2,1-6H3;1-5H2;1-3H,4H2;2*1H;/q-1;;-1;;;+2/p-2. The molecule has 0 amide bonds. The molecule has 0 bridgehead atoms. The van der Waals surface area contributed by atoms with Gasteiger partial charge >= 0.3 is 59.3 Å². The molecule has 5 rings (SSSR count). The van der Waals surface area contributed by atoms with Crippen molar-refractivity contribution in [3.05, 3.63) is 83.0 Å². The third-order valence-corrected chi connectivity index (χ3v) is 8.37. The minimum atomic E-state index is 0. The van der Waals surface area contributed by atoms with Crippen molar-refractivity contribution < 1.29 is 48.7 Å². The van der Waals surface area contributed by atoms with Gasteiger partial charge in [-0.05, 0) is 17.4 Å². The molecule has 0 aliphatic heterocycles. The van der Waals surface area contributed by atoms with Gasteiger partial charge in [-0.2, -0.15) is 35.4 Å². The molecular weight excluding hydrogens is 634 g/mol. The van der Waals surface area contributed by atoms with Crippen LogP contribution in [-0.2, 0) is 41.1 Å². The van der Waals surface area contributed by atoms with Crippen molar-refractivity contribution in [3.8, 4) is 11.1 Å². The Morgan fingerprint density at radius 3 is 1.89 bits per heavy atom. The van der Waals surface area contributed by atoms with Crippen molar-refractivity contribution in [1.29, 1.82) is 0 Å². The summed E-state index contributed by atoms with van der Waals surface area (Å²) in [6, 6.07) is 15.1. The number of benzene rings is 2. The van der Waals surface area contributed by atoms with Gasteiger partial charge in [0.1, 0.15) is 0 Å². The van der Waals surface area contributed by atoms with E-state index in [4.69, 9.17) is 0 Å². The van der Waals surface area contributed by atoms with Crippen LogP contribution in [0.1, 0.15) is 102 Å². The van der Waals surface area contributed by atoms with Gasteiger partial charge in [0.25, 0.3) is 0 Å². The molecule has 0 N–H and O–H groups in total. The molecule has 0 radical (unpaired) electrons. The van der Waals surface area contributed by atoms with E-state index in [1.807, 2.05) is 15.4 Å². The summed E-state index contributed by atoms with van der Waals surface area (Å²) in [7, 11) is 0. The van der Waals surface area contributed by atoms with E-state index in [-0.39, 0.29) is 35.6 Å². The van der Waals surface area contributed by atoms with Gasteiger partial charge in [0.2, 0.25) is 0 Å². The van der Waals surface area contributed by atoms with Crippen LogP contribution in [0.15, 0.2) is 48.6 Å². The summed E-state index contributed by atoms with van der Waals surface area (Å²) < 4.78 is 1.85. The number of hydrogen-bond acceptors (Lipinski definition) is 0. The molecule has 3 aliphatic carbocycles. The monoisotopic (exact) mass is 674 g/mol. The van der Waals surface area contributed by atoms with E-state index < -0.39 is 0 Å². The van der Waals surface area contributed by atoms with Crippen LogP contribution in [0.25, 0.3) is 11.1 Å². The Bertz CT molecular complexity index is 953. The Hall–Kier alpha value is -0.760. The molecule has 0 unspecified atom stereocenters. The van der Waals surface area contributed by atoms with Crippen LogP contribution >= 0.6 is 0 Å². The Labute approximate surface area is 242 Å². The molecule has 2 aromatic carbocycles. The van der Waals surface area contributed by atoms with Gasteiger partial charge in [0.15, 0.2) is 0 Å². The van der Waals surface area contributed by atoms with E-state index in [9.17, 15) is 0 Å². The van der Waals surface area contributed by atoms with Crippen molar-refractivity contribution in [1.82, 2.24) is 0 Å². The Kier molecular flexibility index (Phi) is 13.1. The molecule has 0 heterocycles. The Morgan fingerprint density at radius 1 is 0.800 bits per heavy atom. The number of halogens is 2. The average Bonchev–Trinajstić information content (AvgIpc) is 3.44. The van der Waals surface area contributed by atoms with Crippen molar-refractivity contribution >= 4 is 3.26 Å². The fourth-order valence-electron chi connectivity index (χ4n) is 4.30. The van der Waals surface area contributed by atoms with E-state index in [0.29, 0.717) is 0 Å². The number of allylic oxidation sites excluding steroid dienone is 4. The third-order valence-electron chi connectivity index (χ3n) is 6.57. The van der Waals surface area contributed by atoms with Gasteiger partial charge < -0.3 is 24.8 Å². The fourth-order valence-corrected chi connectivity index (χ4v) is 5.57. The minimum absolute atomic E-state index is 0. The second-order valence-electron chi connectivity index (χ2n) is 11.5. The second-order valence-corrected chi connectivity index (χ2v) is 14.0. The van der Waals surface area contributed by atoms with Crippen molar-refractivity contribution in [2.75, 3.05) is 0 Å². The molecule has 2 aromatic rings. The maximum atomic E-state index is 3.53. The molecule has 1 saturated carbocycles. The summed E-state index contributed by atoms with van der Waals surface area (Å²) in [5.41, 5.74) is 8.76. The predicted octanol–water partition coefficient (Wildman–Crippen LogP) is 2.64. The van der Waals surface area contributed by atoms with Crippen molar-refractivity contribution in [3.63, 3.8) is 0 Å². The van der Waals surface area contributed by atoms with Gasteiger partial charge in [-0.3, -0.25) is 6.08 Å². The summed E-state index contributed by atoms with van der Waals surface area (Å²) in [4.78, 5) is 0. The third kappa shape index (κ3) is 9.56. The molecule has 3 heteroatoms. The average molecular weight is 674 g/mol. The Balaban J connectivity index is 0.000000360. The van der Waals surface area contributed by atoms with Crippen LogP contribution < -0.4 is 24.8 Å². The van der Waals surface area contributed by atoms with Gasteiger partial charge in [-0.25, -0.2) is 12.2 Å². The van der Waals surface area contributed by atoms with Crippen LogP contribution in [0.4, 0.5) is 0 Å². The van der Waals surface area contributed by atoms with Crippen molar-refractivity contribution in [2.45, 2.75) is 97.3 Å². The topological polar surface area (TPSA) is 0 Å². The summed E-state index contributed by atoms with van der Waals surface area (Å²) in [5.74, 6) is 0. The van der Waals surface area contributed by atoms with Crippen molar-refractivity contribution in [2.24, 2.45) is 0 Å². The normalized spacial score (nSPS) is 15.5. The first-order valence-corrected chi connectivity index (χ1v) is 14.3. The van der Waals surface area contributed by atoms with E-state index in [0.717, 1.165) is 12.8 Å². The molecule has 0 saturated heterocycles. The molecule has 35 heavy (non-hydrogen) atoms. The zero-order chi connectivity index (χ0) is 24.1. The maximum absolute atomic E-state index is 3.53. The molecule has 0 nitrogen and oxygen atoms in total. The molecule has 3 aliphatic rings. The summed E-state index contributed by atoms with van der Waals surface area (Å²) >= 11 is 1.37. The quantitative estimate of drug-likeness (QED) is 0.255. The predicted molar refractivity (Wildman–Crippen MR) is 141 cm³/mol. The van der Waals surface area contributed by atoms with Gasteiger partial charge in [0, 0.05) is 0 Å². The van der Waals surface area contributed by atoms with Crippen LogP contribution in [0, 0.1) is 12.1 Å². The Morgan fingerprint density at radius 2 is 1.43 bits per heavy atom. The SMILES string of the molecule is CC(C)(C)c1c[c-]c2c(c1)-c1cc(C(C)(C)C)ccc1C2.[C-]1=CC=CC1.[Cl-].[Cl-].[Hf+2]=[C]1CCCCC1. The van der Waals surface area contributed by atoms with E-state index in [1.165, 1.54) is 89.4 Å². The summed E-state index contributed by atoms with van der Waals surface area (Å²) in [6.45, 7) is 13.6. The van der Waals surface area contributed by atoms with Gasteiger partial charge in [-0.1, -0.05) is 76.3 Å². The first kappa shape index (κ1) is 32.3. The molecule has 1 fully saturated rings. The summed E-state index contributed by atoms with van der Waals surface area (Å²) in [6.07, 6.45) is 18.4. The van der Waals surface area contributed by atoms with Gasteiger partial charge in [0.05, 0.1) is 0 Å². The molecule has 188 valence electrons. The zero-order valence-corrected chi connectivity index (χ0v) is 27.4. The zero-order valence-electron chi connectivity index (χ0n) is 22.3. The molecule has 0 aromatic heterocycles. The van der Waals surface area contributed by atoms with E-state index in [2.05, 4.69) is 90.1 Å². The van der Waals surface area contributed by atoms with Crippen LogP contribution in [0.5, 0.6) is 0 Å². The molecular formula is C32H40Cl2Hf-2. The second kappa shape index (κ2) is 14.3. The number of hydrogen-bond donors (Lipinski definition) is 0. The summed E-state index contributed by atoms with van der Waals surface area (Å²) in [5, 5.41) is 0. The van der Waals surface area contributed by atoms with Gasteiger partial charge in [-0.15, -0.1) is 12.0 Å². The van der Waals surface area contributed by atoms with E-state index >= 15 is 0 Å². The van der Waals surface area contributed by atoms with Crippen LogP contribution in [-0.4, -0.2) is 3.26 Å². The van der Waals surface area contributed by atoms with Crippen LogP contribution in [0.2, 0.25) is 0 Å². The first-order chi connectivity index (χ1) is 15.6. The van der Waals surface area contributed by atoms with E-state index in [1.54, 1.807) is 0 Å².